The van der Waals surface area contributed by atoms with Crippen molar-refractivity contribution in [2.75, 3.05) is 13.2 Å². The molecule has 32 heavy (non-hydrogen) atoms. The summed E-state index contributed by atoms with van der Waals surface area (Å²) in [5, 5.41) is 2.17. The predicted octanol–water partition coefficient (Wildman–Crippen LogP) is 6.38. The molecule has 6 heteroatoms. The highest BCUT2D eigenvalue weighted by atomic mass is 79.9. The zero-order valence-corrected chi connectivity index (χ0v) is 19.8. The van der Waals surface area contributed by atoms with Gasteiger partial charge in [0.2, 0.25) is 5.90 Å². The van der Waals surface area contributed by atoms with Crippen LogP contribution in [-0.4, -0.2) is 25.1 Å². The molecule has 3 aromatic carbocycles. The smallest absolute Gasteiger partial charge is 0.363 e. The number of aliphatic imine (C=N–C) groups is 1. The third-order valence-electron chi connectivity index (χ3n) is 4.81. The van der Waals surface area contributed by atoms with Gasteiger partial charge in [-0.1, -0.05) is 44.2 Å². The Labute approximate surface area is 195 Å². The first-order chi connectivity index (χ1) is 15.4. The van der Waals surface area contributed by atoms with Crippen molar-refractivity contribution >= 4 is 44.6 Å². The zero-order chi connectivity index (χ0) is 22.7. The van der Waals surface area contributed by atoms with E-state index in [1.807, 2.05) is 61.5 Å². The molecule has 164 valence electrons. The summed E-state index contributed by atoms with van der Waals surface area (Å²) < 4.78 is 17.9. The van der Waals surface area contributed by atoms with Crippen molar-refractivity contribution in [3.63, 3.8) is 0 Å². The molecule has 3 aromatic rings. The van der Waals surface area contributed by atoms with Crippen molar-refractivity contribution < 1.29 is 19.0 Å². The van der Waals surface area contributed by atoms with Gasteiger partial charge < -0.3 is 14.2 Å². The van der Waals surface area contributed by atoms with E-state index in [0.29, 0.717) is 36.5 Å². The van der Waals surface area contributed by atoms with Gasteiger partial charge in [0, 0.05) is 5.56 Å². The van der Waals surface area contributed by atoms with E-state index in [-0.39, 0.29) is 5.70 Å². The van der Waals surface area contributed by atoms with Crippen LogP contribution < -0.4 is 9.47 Å². The molecule has 0 atom stereocenters. The van der Waals surface area contributed by atoms with Gasteiger partial charge in [-0.2, -0.15) is 0 Å². The third kappa shape index (κ3) is 4.86. The van der Waals surface area contributed by atoms with Gasteiger partial charge in [-0.25, -0.2) is 9.79 Å². The SMILES string of the molecule is CCOc1cc(/C=C2\N=C(c3ccc4ccccc4c3)OC2=O)cc(Br)c1OCC(C)C. The first-order valence-electron chi connectivity index (χ1n) is 10.6. The fourth-order valence-corrected chi connectivity index (χ4v) is 3.91. The molecule has 0 fully saturated rings. The van der Waals surface area contributed by atoms with E-state index < -0.39 is 5.97 Å². The van der Waals surface area contributed by atoms with E-state index in [1.165, 1.54) is 0 Å². The van der Waals surface area contributed by atoms with Crippen molar-refractivity contribution in [1.82, 2.24) is 0 Å². The van der Waals surface area contributed by atoms with Gasteiger partial charge in [-0.05, 0) is 75.4 Å². The Balaban J connectivity index is 1.66. The Morgan fingerprint density at radius 1 is 1.06 bits per heavy atom. The van der Waals surface area contributed by atoms with E-state index >= 15 is 0 Å². The average Bonchev–Trinajstić information content (AvgIpc) is 3.13. The largest absolute Gasteiger partial charge is 0.490 e. The average molecular weight is 494 g/mol. The highest BCUT2D eigenvalue weighted by Gasteiger charge is 2.25. The first-order valence-corrected chi connectivity index (χ1v) is 11.3. The predicted molar refractivity (Wildman–Crippen MR) is 130 cm³/mol. The molecule has 0 bridgehead atoms. The Hall–Kier alpha value is -3.12. The van der Waals surface area contributed by atoms with Crippen LogP contribution in [0.25, 0.3) is 16.8 Å². The topological polar surface area (TPSA) is 57.1 Å². The fourth-order valence-electron chi connectivity index (χ4n) is 3.34. The molecule has 5 nitrogen and oxygen atoms in total. The van der Waals surface area contributed by atoms with Crippen molar-refractivity contribution in [1.29, 1.82) is 0 Å². The number of halogens is 1. The number of carbonyl (C=O) groups is 1. The summed E-state index contributed by atoms with van der Waals surface area (Å²) in [6.07, 6.45) is 1.69. The number of rotatable bonds is 7. The molecule has 0 unspecified atom stereocenters. The molecular formula is C26H24BrNO4. The molecule has 1 heterocycles. The van der Waals surface area contributed by atoms with E-state index in [2.05, 4.69) is 34.8 Å². The van der Waals surface area contributed by atoms with Crippen molar-refractivity contribution in [3.8, 4) is 11.5 Å². The lowest BCUT2D eigenvalue weighted by Gasteiger charge is -2.16. The van der Waals surface area contributed by atoms with Crippen LogP contribution in [0.2, 0.25) is 0 Å². The number of cyclic esters (lactones) is 1. The number of hydrogen-bond donors (Lipinski definition) is 0. The van der Waals surface area contributed by atoms with Gasteiger partial charge in [0.1, 0.15) is 0 Å². The van der Waals surface area contributed by atoms with Gasteiger partial charge in [0.15, 0.2) is 17.2 Å². The van der Waals surface area contributed by atoms with Crippen LogP contribution in [0.3, 0.4) is 0 Å². The maximum Gasteiger partial charge on any atom is 0.363 e. The summed E-state index contributed by atoms with van der Waals surface area (Å²) in [5.41, 5.74) is 1.75. The summed E-state index contributed by atoms with van der Waals surface area (Å²) in [4.78, 5) is 16.9. The zero-order valence-electron chi connectivity index (χ0n) is 18.2. The van der Waals surface area contributed by atoms with Crippen LogP contribution in [0.1, 0.15) is 31.9 Å². The molecule has 0 saturated heterocycles. The molecule has 1 aliphatic heterocycles. The number of esters is 1. The number of ether oxygens (including phenoxy) is 3. The maximum atomic E-state index is 12.5. The first kappa shape index (κ1) is 22.1. The Morgan fingerprint density at radius 2 is 1.84 bits per heavy atom. The molecule has 0 spiro atoms. The second kappa shape index (κ2) is 9.57. The molecule has 0 amide bonds. The quantitative estimate of drug-likeness (QED) is 0.283. The number of nitrogens with zero attached hydrogens (tertiary/aromatic N) is 1. The van der Waals surface area contributed by atoms with Gasteiger partial charge in [-0.3, -0.25) is 0 Å². The Kier molecular flexibility index (Phi) is 6.61. The molecule has 0 N–H and O–H groups in total. The van der Waals surface area contributed by atoms with Gasteiger partial charge in [0.05, 0.1) is 17.7 Å². The van der Waals surface area contributed by atoms with Crippen LogP contribution >= 0.6 is 15.9 Å². The number of benzene rings is 3. The Morgan fingerprint density at radius 3 is 2.59 bits per heavy atom. The summed E-state index contributed by atoms with van der Waals surface area (Å²) in [6.45, 7) is 7.16. The van der Waals surface area contributed by atoms with Gasteiger partial charge >= 0.3 is 5.97 Å². The third-order valence-corrected chi connectivity index (χ3v) is 5.40. The van der Waals surface area contributed by atoms with Gasteiger partial charge in [-0.15, -0.1) is 0 Å². The normalized spacial score (nSPS) is 14.7. The molecule has 0 aliphatic carbocycles. The van der Waals surface area contributed by atoms with Crippen LogP contribution in [0.15, 0.2) is 69.8 Å². The molecule has 4 rings (SSSR count). The molecule has 0 aromatic heterocycles. The standard InChI is InChI=1S/C26H24BrNO4/c1-4-30-23-13-17(11-21(27)24(23)31-15-16(2)3)12-22-26(29)32-25(28-22)20-10-9-18-7-5-6-8-19(18)14-20/h5-14,16H,4,15H2,1-3H3/b22-12-. The van der Waals surface area contributed by atoms with Crippen molar-refractivity contribution in [2.24, 2.45) is 10.9 Å². The fraction of sp³-hybridized carbons (Fsp3) is 0.231. The van der Waals surface area contributed by atoms with Crippen LogP contribution in [-0.2, 0) is 9.53 Å². The minimum atomic E-state index is -0.484. The van der Waals surface area contributed by atoms with Crippen LogP contribution in [0.5, 0.6) is 11.5 Å². The minimum Gasteiger partial charge on any atom is -0.490 e. The molecule has 0 radical (unpaired) electrons. The van der Waals surface area contributed by atoms with Crippen LogP contribution in [0.4, 0.5) is 0 Å². The minimum absolute atomic E-state index is 0.235. The highest BCUT2D eigenvalue weighted by Crippen LogP contribution is 2.38. The summed E-state index contributed by atoms with van der Waals surface area (Å²) in [6, 6.07) is 17.6. The van der Waals surface area contributed by atoms with Crippen molar-refractivity contribution in [2.45, 2.75) is 20.8 Å². The van der Waals surface area contributed by atoms with E-state index in [0.717, 1.165) is 26.4 Å². The van der Waals surface area contributed by atoms with Crippen LogP contribution in [0, 0.1) is 5.92 Å². The summed E-state index contributed by atoms with van der Waals surface area (Å²) >= 11 is 3.57. The van der Waals surface area contributed by atoms with Gasteiger partial charge in [0.25, 0.3) is 0 Å². The second-order valence-electron chi connectivity index (χ2n) is 7.87. The monoisotopic (exact) mass is 493 g/mol. The van der Waals surface area contributed by atoms with E-state index in [1.54, 1.807) is 6.08 Å². The maximum absolute atomic E-state index is 12.5. The lowest BCUT2D eigenvalue weighted by Crippen LogP contribution is -2.07. The second-order valence-corrected chi connectivity index (χ2v) is 8.72. The lowest BCUT2D eigenvalue weighted by atomic mass is 10.1. The Bertz CT molecular complexity index is 1230. The number of carbonyl (C=O) groups excluding carboxylic acids is 1. The summed E-state index contributed by atoms with van der Waals surface area (Å²) in [5.74, 6) is 1.46. The lowest BCUT2D eigenvalue weighted by molar-refractivity contribution is -0.129. The molecule has 1 aliphatic rings. The van der Waals surface area contributed by atoms with Crippen molar-refractivity contribution in [3.05, 3.63) is 75.9 Å². The number of fused-ring (bicyclic) bond motifs is 1. The number of hydrogen-bond acceptors (Lipinski definition) is 5. The molecular weight excluding hydrogens is 470 g/mol. The molecule has 0 saturated carbocycles. The highest BCUT2D eigenvalue weighted by molar-refractivity contribution is 9.10. The van der Waals surface area contributed by atoms with E-state index in [9.17, 15) is 4.79 Å². The summed E-state index contributed by atoms with van der Waals surface area (Å²) in [7, 11) is 0. The van der Waals surface area contributed by atoms with E-state index in [4.69, 9.17) is 14.2 Å².